The maximum atomic E-state index is 12.8. The zero-order valence-electron chi connectivity index (χ0n) is 9.94. The summed E-state index contributed by atoms with van der Waals surface area (Å²) in [5, 5.41) is 3.17. The van der Waals surface area contributed by atoms with E-state index < -0.39 is 0 Å². The highest BCUT2D eigenvalue weighted by atomic mass is 19.1. The van der Waals surface area contributed by atoms with E-state index in [9.17, 15) is 4.39 Å². The molecule has 0 saturated heterocycles. The average Bonchev–Trinajstić information content (AvgIpc) is 2.39. The molecular formula is C14H15FN2. The van der Waals surface area contributed by atoms with Crippen LogP contribution in [0.2, 0.25) is 0 Å². The molecule has 2 aromatic rings. The maximum Gasteiger partial charge on any atom is 0.123 e. The molecule has 0 bridgehead atoms. The Bertz CT molecular complexity index is 494. The fraction of sp³-hybridized carbons (Fsp3) is 0.214. The molecule has 0 radical (unpaired) electrons. The fourth-order valence-corrected chi connectivity index (χ4v) is 1.66. The van der Waals surface area contributed by atoms with E-state index in [2.05, 4.69) is 23.3 Å². The van der Waals surface area contributed by atoms with Gasteiger partial charge in [0.25, 0.3) is 0 Å². The van der Waals surface area contributed by atoms with Crippen LogP contribution < -0.4 is 5.32 Å². The molecule has 0 fully saturated rings. The average molecular weight is 230 g/mol. The summed E-state index contributed by atoms with van der Waals surface area (Å²) in [6.07, 6.45) is 3.63. The molecule has 2 rings (SSSR count). The van der Waals surface area contributed by atoms with Crippen LogP contribution in [-0.2, 0) is 0 Å². The minimum Gasteiger partial charge on any atom is -0.313 e. The van der Waals surface area contributed by atoms with Crippen molar-refractivity contribution in [1.29, 1.82) is 0 Å². The lowest BCUT2D eigenvalue weighted by atomic mass is 10.0. The molecule has 1 aromatic carbocycles. The highest BCUT2D eigenvalue weighted by Gasteiger charge is 2.05. The van der Waals surface area contributed by atoms with Crippen molar-refractivity contribution >= 4 is 0 Å². The van der Waals surface area contributed by atoms with E-state index in [1.807, 2.05) is 13.2 Å². The number of nitrogens with zero attached hydrogens (tertiary/aromatic N) is 1. The minimum absolute atomic E-state index is 0.221. The van der Waals surface area contributed by atoms with Crippen molar-refractivity contribution < 1.29 is 4.39 Å². The predicted molar refractivity (Wildman–Crippen MR) is 67.1 cm³/mol. The number of halogens is 1. The zero-order valence-corrected chi connectivity index (χ0v) is 9.94. The van der Waals surface area contributed by atoms with Crippen molar-refractivity contribution in [2.24, 2.45) is 0 Å². The van der Waals surface area contributed by atoms with E-state index >= 15 is 0 Å². The van der Waals surface area contributed by atoms with E-state index in [1.165, 1.54) is 12.1 Å². The topological polar surface area (TPSA) is 24.9 Å². The molecule has 0 saturated carbocycles. The summed E-state index contributed by atoms with van der Waals surface area (Å²) in [6.45, 7) is 2.07. The molecule has 0 spiro atoms. The summed E-state index contributed by atoms with van der Waals surface area (Å²) in [7, 11) is 1.91. The van der Waals surface area contributed by atoms with Gasteiger partial charge in [0.1, 0.15) is 5.82 Å². The Hall–Kier alpha value is -1.74. The first-order valence-electron chi connectivity index (χ1n) is 5.59. The van der Waals surface area contributed by atoms with E-state index in [0.717, 1.165) is 16.7 Å². The Morgan fingerprint density at radius 3 is 2.47 bits per heavy atom. The van der Waals surface area contributed by atoms with Crippen LogP contribution in [-0.4, -0.2) is 12.0 Å². The quantitative estimate of drug-likeness (QED) is 0.876. The van der Waals surface area contributed by atoms with Gasteiger partial charge in [-0.2, -0.15) is 0 Å². The Morgan fingerprint density at radius 2 is 1.82 bits per heavy atom. The van der Waals surface area contributed by atoms with Crippen LogP contribution in [0.25, 0.3) is 11.1 Å². The van der Waals surface area contributed by atoms with Crippen molar-refractivity contribution in [2.75, 3.05) is 7.05 Å². The Morgan fingerprint density at radius 1 is 1.12 bits per heavy atom. The number of benzene rings is 1. The molecule has 0 aliphatic carbocycles. The first kappa shape index (κ1) is 11.7. The molecule has 1 N–H and O–H groups in total. The summed E-state index contributed by atoms with van der Waals surface area (Å²) < 4.78 is 12.8. The van der Waals surface area contributed by atoms with Crippen LogP contribution in [0.5, 0.6) is 0 Å². The molecular weight excluding hydrogens is 215 g/mol. The molecule has 1 aromatic heterocycles. The summed E-state index contributed by atoms with van der Waals surface area (Å²) in [4.78, 5) is 4.22. The predicted octanol–water partition coefficient (Wildman–Crippen LogP) is 3.17. The first-order valence-corrected chi connectivity index (χ1v) is 5.59. The summed E-state index contributed by atoms with van der Waals surface area (Å²) in [5.41, 5.74) is 3.10. The normalized spacial score (nSPS) is 12.4. The Balaban J connectivity index is 2.36. The second kappa shape index (κ2) is 5.06. The molecule has 0 aliphatic rings. The molecule has 88 valence electrons. The molecule has 1 unspecified atom stereocenters. The zero-order chi connectivity index (χ0) is 12.3. The van der Waals surface area contributed by atoms with Crippen LogP contribution in [0.15, 0.2) is 42.7 Å². The van der Waals surface area contributed by atoms with Crippen LogP contribution >= 0.6 is 0 Å². The third kappa shape index (κ3) is 2.68. The second-order valence-electron chi connectivity index (χ2n) is 4.02. The van der Waals surface area contributed by atoms with E-state index in [4.69, 9.17) is 0 Å². The van der Waals surface area contributed by atoms with Gasteiger partial charge in [-0.3, -0.25) is 4.98 Å². The van der Waals surface area contributed by atoms with Gasteiger partial charge in [0, 0.05) is 24.0 Å². The highest BCUT2D eigenvalue weighted by molar-refractivity contribution is 5.63. The molecule has 1 atom stereocenters. The number of hydrogen-bond donors (Lipinski definition) is 1. The van der Waals surface area contributed by atoms with Gasteiger partial charge < -0.3 is 5.32 Å². The van der Waals surface area contributed by atoms with Gasteiger partial charge in [-0.25, -0.2) is 4.39 Å². The third-order valence-corrected chi connectivity index (χ3v) is 2.87. The van der Waals surface area contributed by atoms with Crippen LogP contribution in [0.1, 0.15) is 18.5 Å². The molecule has 1 heterocycles. The van der Waals surface area contributed by atoms with Gasteiger partial charge in [0.15, 0.2) is 0 Å². The van der Waals surface area contributed by atoms with Crippen LogP contribution in [0.4, 0.5) is 4.39 Å². The van der Waals surface area contributed by atoms with Crippen molar-refractivity contribution in [3.05, 3.63) is 54.1 Å². The standard InChI is InChI=1S/C14H15FN2/c1-10(16-2)12-7-13(9-17-8-12)11-3-5-14(15)6-4-11/h3-10,16H,1-2H3. The van der Waals surface area contributed by atoms with E-state index in [-0.39, 0.29) is 11.9 Å². The number of rotatable bonds is 3. The monoisotopic (exact) mass is 230 g/mol. The lowest BCUT2D eigenvalue weighted by Crippen LogP contribution is -2.12. The van der Waals surface area contributed by atoms with E-state index in [1.54, 1.807) is 18.3 Å². The lowest BCUT2D eigenvalue weighted by Gasteiger charge is -2.11. The van der Waals surface area contributed by atoms with Crippen LogP contribution in [0, 0.1) is 5.82 Å². The Labute approximate surface area is 101 Å². The molecule has 2 nitrogen and oxygen atoms in total. The van der Waals surface area contributed by atoms with Crippen molar-refractivity contribution in [3.63, 3.8) is 0 Å². The number of pyridine rings is 1. The van der Waals surface area contributed by atoms with Gasteiger partial charge >= 0.3 is 0 Å². The van der Waals surface area contributed by atoms with Gasteiger partial charge in [-0.1, -0.05) is 12.1 Å². The number of hydrogen-bond acceptors (Lipinski definition) is 2. The summed E-state index contributed by atoms with van der Waals surface area (Å²) in [5.74, 6) is -0.221. The van der Waals surface area contributed by atoms with Crippen LogP contribution in [0.3, 0.4) is 0 Å². The highest BCUT2D eigenvalue weighted by Crippen LogP contribution is 2.22. The third-order valence-electron chi connectivity index (χ3n) is 2.87. The largest absolute Gasteiger partial charge is 0.313 e. The fourth-order valence-electron chi connectivity index (χ4n) is 1.66. The van der Waals surface area contributed by atoms with Gasteiger partial charge in [-0.05, 0) is 43.3 Å². The molecule has 0 aliphatic heterocycles. The van der Waals surface area contributed by atoms with Gasteiger partial charge in [0.05, 0.1) is 0 Å². The molecule has 0 amide bonds. The minimum atomic E-state index is -0.221. The van der Waals surface area contributed by atoms with E-state index in [0.29, 0.717) is 0 Å². The smallest absolute Gasteiger partial charge is 0.123 e. The van der Waals surface area contributed by atoms with Crippen molar-refractivity contribution in [2.45, 2.75) is 13.0 Å². The van der Waals surface area contributed by atoms with Gasteiger partial charge in [0.2, 0.25) is 0 Å². The molecule has 3 heteroatoms. The number of aromatic nitrogens is 1. The molecule has 17 heavy (non-hydrogen) atoms. The summed E-state index contributed by atoms with van der Waals surface area (Å²) >= 11 is 0. The summed E-state index contributed by atoms with van der Waals surface area (Å²) in [6, 6.07) is 8.78. The lowest BCUT2D eigenvalue weighted by molar-refractivity contribution is 0.628. The SMILES string of the molecule is CNC(C)c1cncc(-c2ccc(F)cc2)c1. The first-order chi connectivity index (χ1) is 8.20. The maximum absolute atomic E-state index is 12.8. The second-order valence-corrected chi connectivity index (χ2v) is 4.02. The van der Waals surface area contributed by atoms with Crippen molar-refractivity contribution in [1.82, 2.24) is 10.3 Å². The van der Waals surface area contributed by atoms with Gasteiger partial charge in [-0.15, -0.1) is 0 Å². The number of nitrogens with one attached hydrogen (secondary N) is 1. The Kier molecular flexibility index (Phi) is 3.49. The van der Waals surface area contributed by atoms with Crippen molar-refractivity contribution in [3.8, 4) is 11.1 Å².